The van der Waals surface area contributed by atoms with Crippen LogP contribution in [0.3, 0.4) is 0 Å². The molecule has 0 amide bonds. The van der Waals surface area contributed by atoms with Crippen molar-refractivity contribution in [2.24, 2.45) is 0 Å². The summed E-state index contributed by atoms with van der Waals surface area (Å²) in [6.07, 6.45) is 2.14. The van der Waals surface area contributed by atoms with E-state index >= 15 is 0 Å². The van der Waals surface area contributed by atoms with Gasteiger partial charge < -0.3 is 14.9 Å². The minimum atomic E-state index is -1.60. The van der Waals surface area contributed by atoms with Crippen LogP contribution in [0.15, 0.2) is 34.0 Å². The van der Waals surface area contributed by atoms with Crippen LogP contribution in [0.1, 0.15) is 12.6 Å². The predicted molar refractivity (Wildman–Crippen MR) is 80.0 cm³/mol. The molecule has 0 bridgehead atoms. The number of alkyl halides is 1. The highest BCUT2D eigenvalue weighted by atomic mass is 127. The van der Waals surface area contributed by atoms with Gasteiger partial charge in [-0.05, 0) is 34.7 Å². The van der Waals surface area contributed by atoms with Crippen LogP contribution >= 0.6 is 22.6 Å². The average molecular weight is 408 g/mol. The van der Waals surface area contributed by atoms with Crippen molar-refractivity contribution < 1.29 is 19.7 Å². The summed E-state index contributed by atoms with van der Waals surface area (Å²) >= 11 is 1.67. The van der Waals surface area contributed by atoms with E-state index in [4.69, 9.17) is 4.74 Å². The summed E-state index contributed by atoms with van der Waals surface area (Å²) < 4.78 is 5.57. The third-order valence-electron chi connectivity index (χ3n) is 3.17. The smallest absolute Gasteiger partial charge is 0.330 e. The van der Waals surface area contributed by atoms with E-state index < -0.39 is 33.3 Å². The molecule has 0 saturated carbocycles. The maximum Gasteiger partial charge on any atom is 0.330 e. The number of aldehydes is 1. The van der Waals surface area contributed by atoms with Gasteiger partial charge in [-0.3, -0.25) is 19.1 Å². The summed E-state index contributed by atoms with van der Waals surface area (Å²) in [7, 11) is 0. The maximum atomic E-state index is 11.7. The zero-order chi connectivity index (χ0) is 15.6. The number of nitrogens with one attached hydrogen (secondary N) is 1. The number of ether oxygens (including phenoxy) is 1. The fraction of sp³-hybridized carbons (Fsp3) is 0.417. The van der Waals surface area contributed by atoms with Gasteiger partial charge in [-0.15, -0.1) is 0 Å². The van der Waals surface area contributed by atoms with Crippen LogP contribution in [0.2, 0.25) is 0 Å². The molecule has 3 N–H and O–H groups in total. The number of carbonyl (C=O) groups is 1. The molecule has 0 radical (unpaired) electrons. The van der Waals surface area contributed by atoms with Gasteiger partial charge >= 0.3 is 5.69 Å². The van der Waals surface area contributed by atoms with E-state index in [1.54, 1.807) is 22.6 Å². The number of aliphatic hydroxyl groups is 2. The van der Waals surface area contributed by atoms with Gasteiger partial charge in [-0.1, -0.05) is 0 Å². The molecule has 1 unspecified atom stereocenters. The van der Waals surface area contributed by atoms with Crippen molar-refractivity contribution in [3.8, 4) is 0 Å². The fourth-order valence-corrected chi connectivity index (χ4v) is 3.01. The molecule has 8 nitrogen and oxygen atoms in total. The number of aromatic nitrogens is 2. The van der Waals surface area contributed by atoms with Gasteiger partial charge in [0.15, 0.2) is 0 Å². The Labute approximate surface area is 132 Å². The number of H-pyrrole nitrogens is 1. The quantitative estimate of drug-likeness (QED) is 0.256. The van der Waals surface area contributed by atoms with Crippen LogP contribution in [0.5, 0.6) is 0 Å². The molecule has 2 rings (SSSR count). The van der Waals surface area contributed by atoms with E-state index in [2.05, 4.69) is 4.98 Å². The Morgan fingerprint density at radius 1 is 1.57 bits per heavy atom. The highest BCUT2D eigenvalue weighted by Crippen LogP contribution is 2.39. The largest absolute Gasteiger partial charge is 0.383 e. The molecule has 0 spiro atoms. The first kappa shape index (κ1) is 16.1. The second kappa shape index (κ2) is 6.22. The van der Waals surface area contributed by atoms with Gasteiger partial charge in [-0.25, -0.2) is 4.79 Å². The Morgan fingerprint density at radius 2 is 2.29 bits per heavy atom. The van der Waals surface area contributed by atoms with Crippen LogP contribution in [0, 0.1) is 0 Å². The third kappa shape index (κ3) is 3.31. The second-order valence-corrected chi connectivity index (χ2v) is 5.87. The fourth-order valence-electron chi connectivity index (χ4n) is 2.22. The minimum Gasteiger partial charge on any atom is -0.383 e. The monoisotopic (exact) mass is 408 g/mol. The van der Waals surface area contributed by atoms with E-state index in [1.165, 1.54) is 12.3 Å². The Morgan fingerprint density at radius 3 is 2.86 bits per heavy atom. The molecule has 1 aliphatic heterocycles. The molecular formula is C12H13IN2O6. The average Bonchev–Trinajstić information content (AvgIpc) is 2.75. The lowest BCUT2D eigenvalue weighted by atomic mass is 9.94. The Kier molecular flexibility index (Phi) is 4.76. The van der Waals surface area contributed by atoms with Crippen molar-refractivity contribution in [1.82, 2.24) is 9.55 Å². The number of carbonyl (C=O) groups excluding carboxylic acids is 1. The minimum absolute atomic E-state index is 0.0476. The van der Waals surface area contributed by atoms with E-state index in [9.17, 15) is 24.6 Å². The molecule has 2 heterocycles. The lowest BCUT2D eigenvalue weighted by Gasteiger charge is -2.25. The van der Waals surface area contributed by atoms with Gasteiger partial charge in [-0.2, -0.15) is 0 Å². The summed E-state index contributed by atoms with van der Waals surface area (Å²) in [4.78, 5) is 35.3. The topological polar surface area (TPSA) is 122 Å². The van der Waals surface area contributed by atoms with Crippen LogP contribution < -0.4 is 11.2 Å². The first-order valence-corrected chi connectivity index (χ1v) is 7.26. The van der Waals surface area contributed by atoms with Crippen LogP contribution in [-0.4, -0.2) is 41.9 Å². The molecule has 1 aliphatic rings. The molecule has 4 atom stereocenters. The number of hydrogen-bond donors (Lipinski definition) is 3. The normalized spacial score (nSPS) is 30.6. The highest BCUT2D eigenvalue weighted by molar-refractivity contribution is 14.1. The van der Waals surface area contributed by atoms with E-state index in [-0.39, 0.29) is 6.42 Å². The SMILES string of the molecule is O=C/C=C/[C@]1(O)C[C@H](n2ccc(=O)[nH]c2=O)O[C@@H]1C(O)I. The van der Waals surface area contributed by atoms with Crippen molar-refractivity contribution in [2.45, 2.75) is 28.5 Å². The molecule has 1 aromatic heterocycles. The predicted octanol–water partition coefficient (Wildman–Crippen LogP) is -0.936. The second-order valence-electron chi connectivity index (χ2n) is 4.59. The number of aromatic amines is 1. The zero-order valence-electron chi connectivity index (χ0n) is 10.7. The molecule has 0 aliphatic carbocycles. The lowest BCUT2D eigenvalue weighted by Crippen LogP contribution is -2.41. The van der Waals surface area contributed by atoms with E-state index in [1.807, 2.05) is 0 Å². The van der Waals surface area contributed by atoms with Crippen LogP contribution in [0.4, 0.5) is 0 Å². The lowest BCUT2D eigenvalue weighted by molar-refractivity contribution is -0.104. The summed E-state index contributed by atoms with van der Waals surface area (Å²) in [5, 5.41) is 20.2. The van der Waals surface area contributed by atoms with Crippen molar-refractivity contribution >= 4 is 28.9 Å². The summed E-state index contributed by atoms with van der Waals surface area (Å²) in [6.45, 7) is 0. The number of allylic oxidation sites excluding steroid dienone is 1. The molecule has 9 heteroatoms. The number of rotatable bonds is 4. The Hall–Kier alpha value is -1.30. The highest BCUT2D eigenvalue weighted by Gasteiger charge is 2.49. The van der Waals surface area contributed by atoms with Crippen molar-refractivity contribution in [3.63, 3.8) is 0 Å². The van der Waals surface area contributed by atoms with Gasteiger partial charge in [0.1, 0.15) is 28.3 Å². The van der Waals surface area contributed by atoms with Crippen LogP contribution in [-0.2, 0) is 9.53 Å². The summed E-state index contributed by atoms with van der Waals surface area (Å²) in [5.74, 6) is 0. The van der Waals surface area contributed by atoms with Crippen LogP contribution in [0.25, 0.3) is 0 Å². The number of aliphatic hydroxyl groups excluding tert-OH is 1. The van der Waals surface area contributed by atoms with Crippen molar-refractivity contribution in [3.05, 3.63) is 45.3 Å². The van der Waals surface area contributed by atoms with Gasteiger partial charge in [0.25, 0.3) is 5.56 Å². The molecule has 1 saturated heterocycles. The number of hydrogen-bond acceptors (Lipinski definition) is 6. The van der Waals surface area contributed by atoms with Crippen molar-refractivity contribution in [1.29, 1.82) is 0 Å². The van der Waals surface area contributed by atoms with Crippen molar-refractivity contribution in [2.75, 3.05) is 0 Å². The number of halogens is 1. The Bertz CT molecular complexity index is 666. The van der Waals surface area contributed by atoms with Gasteiger partial charge in [0.2, 0.25) is 0 Å². The third-order valence-corrected chi connectivity index (χ3v) is 3.83. The molecular weight excluding hydrogens is 395 g/mol. The standard InChI is InChI=1S/C12H13IN2O6/c13-10(18)9-12(20,3-1-5-16)6-8(21-9)15-4-2-7(17)14-11(15)19/h1-5,8-10,18,20H,6H2,(H,14,17,19)/b3-1+/t8-,9-,10?,12+/m1/s1. The first-order chi connectivity index (χ1) is 9.87. The number of nitrogens with zero attached hydrogens (tertiary/aromatic N) is 1. The molecule has 21 heavy (non-hydrogen) atoms. The van der Waals surface area contributed by atoms with E-state index in [0.29, 0.717) is 6.29 Å². The Balaban J connectivity index is 2.37. The maximum absolute atomic E-state index is 11.7. The van der Waals surface area contributed by atoms with Gasteiger partial charge in [0.05, 0.1) is 0 Å². The van der Waals surface area contributed by atoms with E-state index in [0.717, 1.165) is 16.7 Å². The van der Waals surface area contributed by atoms with Gasteiger partial charge in [0, 0.05) is 18.7 Å². The molecule has 1 fully saturated rings. The first-order valence-electron chi connectivity index (χ1n) is 6.02. The molecule has 0 aromatic carbocycles. The summed E-state index contributed by atoms with van der Waals surface area (Å²) in [5.41, 5.74) is -2.82. The summed E-state index contributed by atoms with van der Waals surface area (Å²) in [6, 6.07) is 1.15. The molecule has 1 aromatic rings. The molecule has 114 valence electrons. The zero-order valence-corrected chi connectivity index (χ0v) is 12.8.